The molecule has 0 bridgehead atoms. The first-order chi connectivity index (χ1) is 16.6. The second-order valence-electron chi connectivity index (χ2n) is 8.90. The highest BCUT2D eigenvalue weighted by Crippen LogP contribution is 2.30. The van der Waals surface area contributed by atoms with E-state index in [0.29, 0.717) is 12.1 Å². The van der Waals surface area contributed by atoms with Crippen LogP contribution in [-0.2, 0) is 6.42 Å². The van der Waals surface area contributed by atoms with Crippen molar-refractivity contribution < 1.29 is 14.6 Å². The van der Waals surface area contributed by atoms with Crippen molar-refractivity contribution >= 4 is 11.4 Å². The SMILES string of the molecule is COc1ccccc1-c1ccc(Cc2cc(C(=O)N[C@@H]3CCCC[C@H]3O)nn3cccc23)cc1. The molecule has 2 N–H and O–H groups in total. The van der Waals surface area contributed by atoms with E-state index in [1.807, 2.05) is 42.6 Å². The third kappa shape index (κ3) is 4.54. The molecule has 0 saturated heterocycles. The third-order valence-corrected chi connectivity index (χ3v) is 6.63. The first kappa shape index (κ1) is 22.2. The monoisotopic (exact) mass is 455 g/mol. The molecule has 1 fully saturated rings. The van der Waals surface area contributed by atoms with E-state index in [2.05, 4.69) is 40.7 Å². The van der Waals surface area contributed by atoms with Gasteiger partial charge in [-0.15, -0.1) is 0 Å². The minimum Gasteiger partial charge on any atom is -0.496 e. The van der Waals surface area contributed by atoms with Gasteiger partial charge in [0.15, 0.2) is 0 Å². The highest BCUT2D eigenvalue weighted by molar-refractivity contribution is 5.93. The van der Waals surface area contributed by atoms with E-state index >= 15 is 0 Å². The molecule has 6 heteroatoms. The van der Waals surface area contributed by atoms with Gasteiger partial charge in [0.05, 0.1) is 24.8 Å². The molecule has 1 aliphatic carbocycles. The number of hydrogen-bond donors (Lipinski definition) is 2. The van der Waals surface area contributed by atoms with Crippen molar-refractivity contribution in [3.8, 4) is 16.9 Å². The summed E-state index contributed by atoms with van der Waals surface area (Å²) in [5.41, 5.74) is 5.65. The maximum atomic E-state index is 13.0. The Kier molecular flexibility index (Phi) is 6.32. The molecule has 0 radical (unpaired) electrons. The van der Waals surface area contributed by atoms with Crippen LogP contribution in [0.2, 0.25) is 0 Å². The van der Waals surface area contributed by atoms with E-state index < -0.39 is 6.10 Å². The predicted octanol–water partition coefficient (Wildman–Crippen LogP) is 4.63. The lowest BCUT2D eigenvalue weighted by Gasteiger charge is -2.28. The van der Waals surface area contributed by atoms with Gasteiger partial charge in [0.1, 0.15) is 11.4 Å². The lowest BCUT2D eigenvalue weighted by molar-refractivity contribution is 0.0713. The third-order valence-electron chi connectivity index (χ3n) is 6.63. The van der Waals surface area contributed by atoms with Crippen molar-refractivity contribution in [3.63, 3.8) is 0 Å². The van der Waals surface area contributed by atoms with Crippen LogP contribution in [0.3, 0.4) is 0 Å². The number of para-hydroxylation sites is 1. The van der Waals surface area contributed by atoms with Crippen LogP contribution in [0, 0.1) is 0 Å². The number of carbonyl (C=O) groups is 1. The zero-order chi connectivity index (χ0) is 23.5. The summed E-state index contributed by atoms with van der Waals surface area (Å²) in [6.45, 7) is 0. The smallest absolute Gasteiger partial charge is 0.272 e. The number of carbonyl (C=O) groups excluding carboxylic acids is 1. The zero-order valence-electron chi connectivity index (χ0n) is 19.3. The summed E-state index contributed by atoms with van der Waals surface area (Å²) in [4.78, 5) is 13.0. The summed E-state index contributed by atoms with van der Waals surface area (Å²) >= 11 is 0. The molecule has 0 spiro atoms. The summed E-state index contributed by atoms with van der Waals surface area (Å²) in [7, 11) is 1.68. The van der Waals surface area contributed by atoms with Crippen molar-refractivity contribution in [2.24, 2.45) is 0 Å². The Morgan fingerprint density at radius 1 is 1.09 bits per heavy atom. The first-order valence-corrected chi connectivity index (χ1v) is 11.8. The molecule has 2 aromatic heterocycles. The molecule has 0 unspecified atom stereocenters. The predicted molar refractivity (Wildman–Crippen MR) is 132 cm³/mol. The summed E-state index contributed by atoms with van der Waals surface area (Å²) in [5, 5.41) is 17.7. The Hall–Kier alpha value is -3.64. The number of ether oxygens (including phenoxy) is 1. The molecule has 0 aliphatic heterocycles. The largest absolute Gasteiger partial charge is 0.496 e. The number of aromatic nitrogens is 2. The minimum atomic E-state index is -0.491. The van der Waals surface area contributed by atoms with Crippen LogP contribution in [0.1, 0.15) is 47.3 Å². The molecular formula is C28H29N3O3. The summed E-state index contributed by atoms with van der Waals surface area (Å²) in [6, 6.07) is 22.0. The minimum absolute atomic E-state index is 0.214. The van der Waals surface area contributed by atoms with Crippen LogP contribution in [0.15, 0.2) is 72.9 Å². The fraction of sp³-hybridized carbons (Fsp3) is 0.286. The molecule has 5 rings (SSSR count). The van der Waals surface area contributed by atoms with E-state index in [1.54, 1.807) is 11.6 Å². The Morgan fingerprint density at radius 3 is 2.68 bits per heavy atom. The molecule has 174 valence electrons. The molecule has 2 atom stereocenters. The van der Waals surface area contributed by atoms with Gasteiger partial charge in [0.25, 0.3) is 5.91 Å². The maximum Gasteiger partial charge on any atom is 0.272 e. The van der Waals surface area contributed by atoms with Gasteiger partial charge in [-0.1, -0.05) is 55.3 Å². The second-order valence-corrected chi connectivity index (χ2v) is 8.90. The summed E-state index contributed by atoms with van der Waals surface area (Å²) < 4.78 is 7.25. The number of nitrogens with zero attached hydrogens (tertiary/aromatic N) is 2. The number of aliphatic hydroxyl groups excluding tert-OH is 1. The molecule has 6 nitrogen and oxygen atoms in total. The highest BCUT2D eigenvalue weighted by Gasteiger charge is 2.25. The fourth-order valence-corrected chi connectivity index (χ4v) is 4.78. The van der Waals surface area contributed by atoms with Gasteiger partial charge in [0.2, 0.25) is 0 Å². The number of amides is 1. The maximum absolute atomic E-state index is 13.0. The van der Waals surface area contributed by atoms with Gasteiger partial charge >= 0.3 is 0 Å². The Morgan fingerprint density at radius 2 is 1.88 bits per heavy atom. The number of fused-ring (bicyclic) bond motifs is 1. The van der Waals surface area contributed by atoms with Crippen LogP contribution in [0.25, 0.3) is 16.6 Å². The number of hydrogen-bond acceptors (Lipinski definition) is 4. The first-order valence-electron chi connectivity index (χ1n) is 11.8. The lowest BCUT2D eigenvalue weighted by Crippen LogP contribution is -2.45. The number of methoxy groups -OCH3 is 1. The molecular weight excluding hydrogens is 426 g/mol. The number of rotatable bonds is 6. The van der Waals surface area contributed by atoms with Gasteiger partial charge in [-0.2, -0.15) is 5.10 Å². The summed E-state index contributed by atoms with van der Waals surface area (Å²) in [6.07, 6.45) is 5.58. The van der Waals surface area contributed by atoms with E-state index in [1.165, 1.54) is 0 Å². The van der Waals surface area contributed by atoms with E-state index in [0.717, 1.165) is 59.2 Å². The standard InChI is InChI=1S/C28H29N3O3/c1-34-27-11-5-2-7-22(27)20-14-12-19(13-15-20)17-21-18-24(30-31-16-6-9-25(21)31)28(33)29-23-8-3-4-10-26(23)32/h2,5-7,9,11-16,18,23,26,32H,3-4,8,10,17H2,1H3,(H,29,33)/t23-,26-/m1/s1. The molecule has 34 heavy (non-hydrogen) atoms. The van der Waals surface area contributed by atoms with E-state index in [-0.39, 0.29) is 11.9 Å². The van der Waals surface area contributed by atoms with Gasteiger partial charge in [-0.25, -0.2) is 4.52 Å². The number of aliphatic hydroxyl groups is 1. The topological polar surface area (TPSA) is 75.9 Å². The van der Waals surface area contributed by atoms with Crippen molar-refractivity contribution in [3.05, 3.63) is 89.7 Å². The van der Waals surface area contributed by atoms with E-state index in [9.17, 15) is 9.90 Å². The van der Waals surface area contributed by atoms with Crippen molar-refractivity contribution in [1.29, 1.82) is 0 Å². The van der Waals surface area contributed by atoms with Gasteiger partial charge < -0.3 is 15.2 Å². The molecule has 1 saturated carbocycles. The van der Waals surface area contributed by atoms with Crippen molar-refractivity contribution in [2.45, 2.75) is 44.2 Å². The fourth-order valence-electron chi connectivity index (χ4n) is 4.78. The average molecular weight is 456 g/mol. The average Bonchev–Trinajstić information content (AvgIpc) is 3.35. The van der Waals surface area contributed by atoms with Crippen LogP contribution in [0.4, 0.5) is 0 Å². The van der Waals surface area contributed by atoms with E-state index in [4.69, 9.17) is 4.74 Å². The molecule has 2 aromatic carbocycles. The Balaban J connectivity index is 1.39. The van der Waals surface area contributed by atoms with Crippen LogP contribution in [0.5, 0.6) is 5.75 Å². The number of benzene rings is 2. The lowest BCUT2D eigenvalue weighted by atomic mass is 9.92. The Labute approximate surface area is 199 Å². The zero-order valence-corrected chi connectivity index (χ0v) is 19.3. The summed E-state index contributed by atoms with van der Waals surface area (Å²) in [5.74, 6) is 0.604. The van der Waals surface area contributed by atoms with Gasteiger partial charge in [-0.3, -0.25) is 4.79 Å². The van der Waals surface area contributed by atoms with Crippen molar-refractivity contribution in [1.82, 2.24) is 14.9 Å². The molecule has 1 aliphatic rings. The van der Waals surface area contributed by atoms with Gasteiger partial charge in [-0.05, 0) is 60.2 Å². The molecule has 2 heterocycles. The van der Waals surface area contributed by atoms with Gasteiger partial charge in [0, 0.05) is 11.8 Å². The number of nitrogens with one attached hydrogen (secondary N) is 1. The highest BCUT2D eigenvalue weighted by atomic mass is 16.5. The molecule has 1 amide bonds. The molecule has 4 aromatic rings. The van der Waals surface area contributed by atoms with Crippen LogP contribution < -0.4 is 10.1 Å². The normalized spacial score (nSPS) is 18.1. The van der Waals surface area contributed by atoms with Crippen LogP contribution in [-0.4, -0.2) is 39.9 Å². The van der Waals surface area contributed by atoms with Crippen molar-refractivity contribution in [2.75, 3.05) is 7.11 Å². The second kappa shape index (κ2) is 9.69. The quantitative estimate of drug-likeness (QED) is 0.444. The van der Waals surface area contributed by atoms with Crippen LogP contribution >= 0.6 is 0 Å². The Bertz CT molecular complexity index is 1300.